The molecule has 0 amide bonds. The van der Waals surface area contributed by atoms with Crippen LogP contribution in [0.4, 0.5) is 13.2 Å². The van der Waals surface area contributed by atoms with E-state index in [9.17, 15) is 13.2 Å². The van der Waals surface area contributed by atoms with Crippen molar-refractivity contribution in [3.8, 4) is 0 Å². The molecule has 0 spiro atoms. The third-order valence-electron chi connectivity index (χ3n) is 1.36. The maximum Gasteiger partial charge on any atom is 0.401 e. The summed E-state index contributed by atoms with van der Waals surface area (Å²) in [6.07, 6.45) is -4.14. The molecule has 0 radical (unpaired) electrons. The summed E-state index contributed by atoms with van der Waals surface area (Å²) in [5, 5.41) is 5.02. The zero-order valence-electron chi connectivity index (χ0n) is 6.84. The second kappa shape index (κ2) is 3.40. The summed E-state index contributed by atoms with van der Waals surface area (Å²) in [6, 6.07) is 0. The summed E-state index contributed by atoms with van der Waals surface area (Å²) in [6.45, 7) is 2.30. The maximum absolute atomic E-state index is 11.6. The topological polar surface area (TPSA) is 24.1 Å². The van der Waals surface area contributed by atoms with Crippen molar-refractivity contribution < 1.29 is 13.2 Å². The van der Waals surface area contributed by atoms with Crippen LogP contribution in [0.15, 0.2) is 0 Å². The lowest BCUT2D eigenvalue weighted by Crippen LogP contribution is -2.53. The molecule has 68 valence electrons. The normalized spacial score (nSPS) is 13.6. The zero-order chi connectivity index (χ0) is 9.12. The molecule has 0 aromatic heterocycles. The second-order valence-electron chi connectivity index (χ2n) is 2.84. The van der Waals surface area contributed by atoms with Crippen molar-refractivity contribution >= 4 is 0 Å². The molecule has 0 aliphatic carbocycles. The first-order valence-electron chi connectivity index (χ1n) is 3.27. The molecule has 0 aliphatic rings. The van der Waals surface area contributed by atoms with E-state index in [0.717, 1.165) is 0 Å². The Bertz CT molecular complexity index is 119. The second-order valence-corrected chi connectivity index (χ2v) is 2.84. The van der Waals surface area contributed by atoms with Gasteiger partial charge in [0.1, 0.15) is 0 Å². The number of hydrogen-bond donors (Lipinski definition) is 2. The van der Waals surface area contributed by atoms with Crippen molar-refractivity contribution in [2.75, 3.05) is 13.6 Å². The van der Waals surface area contributed by atoms with Crippen LogP contribution in [-0.2, 0) is 0 Å². The molecule has 0 aliphatic heterocycles. The van der Waals surface area contributed by atoms with Crippen LogP contribution in [0.25, 0.3) is 0 Å². The molecule has 2 N–H and O–H groups in total. The molecule has 0 aromatic carbocycles. The van der Waals surface area contributed by atoms with Gasteiger partial charge in [-0.1, -0.05) is 0 Å². The van der Waals surface area contributed by atoms with E-state index in [1.54, 1.807) is 20.9 Å². The third kappa shape index (κ3) is 6.12. The van der Waals surface area contributed by atoms with Gasteiger partial charge in [-0.15, -0.1) is 0 Å². The predicted octanol–water partition coefficient (Wildman–Crippen LogP) is 1.09. The Balaban J connectivity index is 3.70. The fourth-order valence-electron chi connectivity index (χ4n) is 0.410. The van der Waals surface area contributed by atoms with Crippen LogP contribution in [0, 0.1) is 0 Å². The van der Waals surface area contributed by atoms with Gasteiger partial charge in [-0.2, -0.15) is 13.2 Å². The van der Waals surface area contributed by atoms with Crippen LogP contribution in [-0.4, -0.2) is 25.4 Å². The van der Waals surface area contributed by atoms with Crippen molar-refractivity contribution in [2.24, 2.45) is 0 Å². The van der Waals surface area contributed by atoms with Crippen LogP contribution >= 0.6 is 0 Å². The number of rotatable bonds is 3. The summed E-state index contributed by atoms with van der Waals surface area (Å²) in [7, 11) is 1.60. The van der Waals surface area contributed by atoms with Gasteiger partial charge in [-0.3, -0.25) is 5.32 Å². The largest absolute Gasteiger partial charge is 0.401 e. The lowest BCUT2D eigenvalue weighted by Gasteiger charge is -2.26. The highest BCUT2D eigenvalue weighted by atomic mass is 19.4. The van der Waals surface area contributed by atoms with Crippen molar-refractivity contribution in [3.63, 3.8) is 0 Å². The lowest BCUT2D eigenvalue weighted by molar-refractivity contribution is -0.128. The number of nitrogens with one attached hydrogen (secondary N) is 2. The molecule has 0 saturated carbocycles. The van der Waals surface area contributed by atoms with E-state index < -0.39 is 18.4 Å². The first kappa shape index (κ1) is 10.7. The molecule has 0 atom stereocenters. The molecule has 0 unspecified atom stereocenters. The molecular weight excluding hydrogens is 157 g/mol. The fourth-order valence-corrected chi connectivity index (χ4v) is 0.410. The predicted molar refractivity (Wildman–Crippen MR) is 37.2 cm³/mol. The number of halogens is 3. The van der Waals surface area contributed by atoms with Gasteiger partial charge < -0.3 is 5.32 Å². The first-order valence-corrected chi connectivity index (χ1v) is 3.27. The van der Waals surface area contributed by atoms with Gasteiger partial charge in [-0.25, -0.2) is 0 Å². The van der Waals surface area contributed by atoms with Gasteiger partial charge in [0.15, 0.2) is 0 Å². The van der Waals surface area contributed by atoms with Gasteiger partial charge in [0.2, 0.25) is 0 Å². The van der Waals surface area contributed by atoms with Crippen LogP contribution in [0.1, 0.15) is 13.8 Å². The van der Waals surface area contributed by atoms with E-state index in [0.29, 0.717) is 0 Å². The number of hydrogen-bond acceptors (Lipinski definition) is 2. The molecule has 2 nitrogen and oxygen atoms in total. The van der Waals surface area contributed by atoms with Crippen molar-refractivity contribution in [2.45, 2.75) is 25.7 Å². The molecule has 11 heavy (non-hydrogen) atoms. The third-order valence-corrected chi connectivity index (χ3v) is 1.36. The van der Waals surface area contributed by atoms with E-state index in [1.807, 2.05) is 0 Å². The minimum Gasteiger partial charge on any atom is -0.303 e. The summed E-state index contributed by atoms with van der Waals surface area (Å²) in [5.74, 6) is 0. The highest BCUT2D eigenvalue weighted by Crippen LogP contribution is 2.13. The van der Waals surface area contributed by atoms with Crippen molar-refractivity contribution in [1.82, 2.24) is 10.6 Å². The SMILES string of the molecule is CNC(C)(C)NCC(F)(F)F. The minimum absolute atomic E-state index is 0.671. The Hall–Kier alpha value is -0.290. The molecule has 0 aromatic rings. The van der Waals surface area contributed by atoms with E-state index >= 15 is 0 Å². The molecule has 0 saturated heterocycles. The average Bonchev–Trinajstić information content (AvgIpc) is 1.83. The summed E-state index contributed by atoms with van der Waals surface area (Å²) in [5.41, 5.74) is -0.671. The Labute approximate surface area is 64.2 Å². The maximum atomic E-state index is 11.6. The number of alkyl halides is 3. The van der Waals surface area contributed by atoms with Crippen LogP contribution in [0.2, 0.25) is 0 Å². The van der Waals surface area contributed by atoms with Crippen LogP contribution in [0.5, 0.6) is 0 Å². The highest BCUT2D eigenvalue weighted by molar-refractivity contribution is 4.73. The van der Waals surface area contributed by atoms with E-state index in [-0.39, 0.29) is 0 Å². The van der Waals surface area contributed by atoms with Crippen molar-refractivity contribution in [1.29, 1.82) is 0 Å². The molecule has 0 rings (SSSR count). The zero-order valence-corrected chi connectivity index (χ0v) is 6.84. The molecule has 0 fully saturated rings. The van der Waals surface area contributed by atoms with Gasteiger partial charge in [0, 0.05) is 0 Å². The summed E-state index contributed by atoms with van der Waals surface area (Å²) in [4.78, 5) is 0. The van der Waals surface area contributed by atoms with Gasteiger partial charge in [-0.05, 0) is 20.9 Å². The highest BCUT2D eigenvalue weighted by Gasteiger charge is 2.29. The quantitative estimate of drug-likeness (QED) is 0.619. The molecule has 0 bridgehead atoms. The molecule has 5 heteroatoms. The van der Waals surface area contributed by atoms with Crippen LogP contribution in [0.3, 0.4) is 0 Å². The smallest absolute Gasteiger partial charge is 0.303 e. The van der Waals surface area contributed by atoms with Crippen molar-refractivity contribution in [3.05, 3.63) is 0 Å². The monoisotopic (exact) mass is 170 g/mol. The Morgan fingerprint density at radius 2 is 1.64 bits per heavy atom. The first-order chi connectivity index (χ1) is 4.77. The standard InChI is InChI=1S/C6H13F3N2/c1-5(2,10-3)11-4-6(7,8)9/h10-11H,4H2,1-3H3. The van der Waals surface area contributed by atoms with Gasteiger partial charge >= 0.3 is 6.18 Å². The van der Waals surface area contributed by atoms with E-state index in [4.69, 9.17) is 0 Å². The van der Waals surface area contributed by atoms with Gasteiger partial charge in [0.25, 0.3) is 0 Å². The van der Waals surface area contributed by atoms with Gasteiger partial charge in [0.05, 0.1) is 12.2 Å². The Morgan fingerprint density at radius 1 is 1.18 bits per heavy atom. The van der Waals surface area contributed by atoms with E-state index in [1.165, 1.54) is 0 Å². The van der Waals surface area contributed by atoms with E-state index in [2.05, 4.69) is 10.6 Å². The molecule has 0 heterocycles. The molecular formula is C6H13F3N2. The minimum atomic E-state index is -4.14. The Morgan fingerprint density at radius 3 is 1.91 bits per heavy atom. The Kier molecular flexibility index (Phi) is 3.31. The summed E-state index contributed by atoms with van der Waals surface area (Å²) < 4.78 is 34.9. The average molecular weight is 170 g/mol. The lowest BCUT2D eigenvalue weighted by atomic mass is 10.2. The summed E-state index contributed by atoms with van der Waals surface area (Å²) >= 11 is 0. The fraction of sp³-hybridized carbons (Fsp3) is 1.00. The van der Waals surface area contributed by atoms with Crippen LogP contribution < -0.4 is 10.6 Å².